The molecule has 1 aromatic heterocycles. The van der Waals surface area contributed by atoms with Gasteiger partial charge in [-0.05, 0) is 67.6 Å². The first-order valence-corrected chi connectivity index (χ1v) is 11.2. The van der Waals surface area contributed by atoms with E-state index in [0.29, 0.717) is 15.6 Å². The third kappa shape index (κ3) is 3.73. The number of carbonyl (C=O) groups excluding carboxylic acids is 1. The van der Waals surface area contributed by atoms with Gasteiger partial charge >= 0.3 is 0 Å². The molecule has 1 amide bonds. The minimum Gasteiger partial charge on any atom is -0.298 e. The van der Waals surface area contributed by atoms with E-state index < -0.39 is 10.8 Å². The molecule has 0 aliphatic heterocycles. The Morgan fingerprint density at radius 1 is 1.11 bits per heavy atom. The molecule has 1 aliphatic carbocycles. The lowest BCUT2D eigenvalue weighted by molar-refractivity contribution is 0.102. The topological polar surface area (TPSA) is 59.1 Å². The van der Waals surface area contributed by atoms with Gasteiger partial charge in [0.2, 0.25) is 0 Å². The highest BCUT2D eigenvalue weighted by Gasteiger charge is 2.16. The average molecular weight is 397 g/mol. The minimum atomic E-state index is -1.05. The largest absolute Gasteiger partial charge is 0.298 e. The van der Waals surface area contributed by atoms with Crippen LogP contribution in [0.1, 0.15) is 32.8 Å². The van der Waals surface area contributed by atoms with Crippen LogP contribution in [-0.2, 0) is 23.6 Å². The van der Waals surface area contributed by atoms with E-state index in [4.69, 9.17) is 0 Å². The first-order chi connectivity index (χ1) is 13.0. The Hall–Kier alpha value is -2.31. The molecule has 1 atom stereocenters. The second-order valence-electron chi connectivity index (χ2n) is 6.69. The summed E-state index contributed by atoms with van der Waals surface area (Å²) in [4.78, 5) is 18.9. The summed E-state index contributed by atoms with van der Waals surface area (Å²) in [5.41, 5.74) is 5.42. The quantitative estimate of drug-likeness (QED) is 0.701. The fourth-order valence-corrected chi connectivity index (χ4v) is 4.75. The fraction of sp³-hybridized carbons (Fsp3) is 0.238. The van der Waals surface area contributed by atoms with E-state index in [0.717, 1.165) is 29.0 Å². The molecule has 6 heteroatoms. The zero-order valence-corrected chi connectivity index (χ0v) is 16.9. The van der Waals surface area contributed by atoms with Crippen LogP contribution in [0.3, 0.4) is 0 Å². The zero-order chi connectivity index (χ0) is 19.0. The molecule has 1 unspecified atom stereocenters. The van der Waals surface area contributed by atoms with Crippen LogP contribution in [0.25, 0.3) is 11.3 Å². The van der Waals surface area contributed by atoms with Crippen LogP contribution < -0.4 is 5.32 Å². The maximum Gasteiger partial charge on any atom is 0.257 e. The molecule has 4 nitrogen and oxygen atoms in total. The van der Waals surface area contributed by atoms with Crippen molar-refractivity contribution in [3.63, 3.8) is 0 Å². The lowest BCUT2D eigenvalue weighted by atomic mass is 10.0. The van der Waals surface area contributed by atoms with Gasteiger partial charge < -0.3 is 0 Å². The molecule has 1 aliphatic rings. The summed E-state index contributed by atoms with van der Waals surface area (Å²) in [6, 6.07) is 13.4. The van der Waals surface area contributed by atoms with E-state index in [9.17, 15) is 9.00 Å². The summed E-state index contributed by atoms with van der Waals surface area (Å²) in [5.74, 6) is -0.210. The van der Waals surface area contributed by atoms with Gasteiger partial charge in [-0.25, -0.2) is 4.98 Å². The summed E-state index contributed by atoms with van der Waals surface area (Å²) in [6.07, 6.45) is 5.14. The number of amides is 1. The molecule has 0 bridgehead atoms. The number of hydrogen-bond donors (Lipinski definition) is 1. The number of aryl methyl sites for hydroxylation is 3. The first kappa shape index (κ1) is 18.1. The summed E-state index contributed by atoms with van der Waals surface area (Å²) in [6.45, 7) is 2.03. The molecule has 3 aromatic rings. The fourth-order valence-electron chi connectivity index (χ4n) is 3.40. The van der Waals surface area contributed by atoms with Crippen molar-refractivity contribution in [2.45, 2.75) is 31.1 Å². The average Bonchev–Trinajstić information content (AvgIpc) is 3.27. The van der Waals surface area contributed by atoms with Crippen LogP contribution in [0.2, 0.25) is 0 Å². The van der Waals surface area contributed by atoms with Gasteiger partial charge in [0.1, 0.15) is 0 Å². The van der Waals surface area contributed by atoms with Gasteiger partial charge in [0, 0.05) is 38.0 Å². The van der Waals surface area contributed by atoms with Crippen LogP contribution in [0.4, 0.5) is 5.13 Å². The summed E-state index contributed by atoms with van der Waals surface area (Å²) in [5, 5.41) is 3.48. The molecule has 4 rings (SSSR count). The Kier molecular flexibility index (Phi) is 4.93. The molecule has 0 saturated carbocycles. The van der Waals surface area contributed by atoms with Gasteiger partial charge in [-0.15, -0.1) is 11.3 Å². The Labute approximate surface area is 165 Å². The predicted octanol–water partition coefficient (Wildman–Crippen LogP) is 4.60. The van der Waals surface area contributed by atoms with E-state index in [1.165, 1.54) is 28.9 Å². The van der Waals surface area contributed by atoms with Crippen molar-refractivity contribution in [3.8, 4) is 11.3 Å². The molecule has 1 heterocycles. The third-order valence-electron chi connectivity index (χ3n) is 4.84. The molecular formula is C21H20N2O2S2. The summed E-state index contributed by atoms with van der Waals surface area (Å²) < 4.78 is 11.5. The van der Waals surface area contributed by atoms with Crippen molar-refractivity contribution in [1.82, 2.24) is 4.98 Å². The number of rotatable bonds is 4. The highest BCUT2D eigenvalue weighted by Crippen LogP contribution is 2.33. The third-order valence-corrected chi connectivity index (χ3v) is 6.66. The highest BCUT2D eigenvalue weighted by molar-refractivity contribution is 7.84. The van der Waals surface area contributed by atoms with Crippen molar-refractivity contribution in [2.75, 3.05) is 11.6 Å². The standard InChI is InChI=1S/C21H20N2O2S2/c1-13-19(17-7-6-14-4-3-5-16(14)12-17)22-21(26-13)23-20(24)15-8-10-18(11-9-15)27(2)25/h6-12H,3-5H2,1-2H3,(H,22,23,24). The molecule has 0 radical (unpaired) electrons. The van der Waals surface area contributed by atoms with Crippen molar-refractivity contribution >= 4 is 33.2 Å². The predicted molar refractivity (Wildman–Crippen MR) is 111 cm³/mol. The lowest BCUT2D eigenvalue weighted by Gasteiger charge is -2.04. The SMILES string of the molecule is Cc1sc(NC(=O)c2ccc(S(C)=O)cc2)nc1-c1ccc2c(c1)CCC2. The highest BCUT2D eigenvalue weighted by atomic mass is 32.2. The molecule has 0 spiro atoms. The number of aromatic nitrogens is 1. The number of fused-ring (bicyclic) bond motifs is 1. The number of benzene rings is 2. The van der Waals surface area contributed by atoms with Gasteiger partial charge in [0.15, 0.2) is 5.13 Å². The Balaban J connectivity index is 1.54. The number of carbonyl (C=O) groups is 1. The molecule has 27 heavy (non-hydrogen) atoms. The molecule has 0 fully saturated rings. The van der Waals surface area contributed by atoms with E-state index in [1.54, 1.807) is 30.5 Å². The van der Waals surface area contributed by atoms with E-state index >= 15 is 0 Å². The Morgan fingerprint density at radius 2 is 1.85 bits per heavy atom. The number of nitrogens with zero attached hydrogens (tertiary/aromatic N) is 1. The number of anilines is 1. The number of nitrogens with one attached hydrogen (secondary N) is 1. The van der Waals surface area contributed by atoms with Gasteiger partial charge in [-0.1, -0.05) is 12.1 Å². The summed E-state index contributed by atoms with van der Waals surface area (Å²) >= 11 is 1.48. The Morgan fingerprint density at radius 3 is 2.59 bits per heavy atom. The van der Waals surface area contributed by atoms with Gasteiger partial charge in [0.05, 0.1) is 5.69 Å². The second kappa shape index (κ2) is 7.37. The molecule has 2 aromatic carbocycles. The van der Waals surface area contributed by atoms with E-state index in [-0.39, 0.29) is 5.91 Å². The van der Waals surface area contributed by atoms with Gasteiger partial charge in [-0.2, -0.15) is 0 Å². The maximum absolute atomic E-state index is 12.5. The zero-order valence-electron chi connectivity index (χ0n) is 15.2. The van der Waals surface area contributed by atoms with Crippen LogP contribution in [0.5, 0.6) is 0 Å². The monoisotopic (exact) mass is 396 g/mol. The smallest absolute Gasteiger partial charge is 0.257 e. The van der Waals surface area contributed by atoms with E-state index in [1.807, 2.05) is 6.92 Å². The van der Waals surface area contributed by atoms with Crippen LogP contribution in [0.15, 0.2) is 47.4 Å². The van der Waals surface area contributed by atoms with Crippen molar-refractivity contribution in [3.05, 3.63) is 64.0 Å². The van der Waals surface area contributed by atoms with Crippen LogP contribution in [0, 0.1) is 6.92 Å². The first-order valence-electron chi connectivity index (χ1n) is 8.86. The van der Waals surface area contributed by atoms with E-state index in [2.05, 4.69) is 28.5 Å². The molecular weight excluding hydrogens is 376 g/mol. The maximum atomic E-state index is 12.5. The number of hydrogen-bond acceptors (Lipinski definition) is 4. The summed E-state index contributed by atoms with van der Waals surface area (Å²) in [7, 11) is -1.05. The van der Waals surface area contributed by atoms with Crippen molar-refractivity contribution < 1.29 is 9.00 Å². The lowest BCUT2D eigenvalue weighted by Crippen LogP contribution is -2.11. The Bertz CT molecular complexity index is 1040. The molecule has 0 saturated heterocycles. The normalized spacial score (nSPS) is 14.0. The molecule has 138 valence electrons. The van der Waals surface area contributed by atoms with Crippen molar-refractivity contribution in [2.24, 2.45) is 0 Å². The minimum absolute atomic E-state index is 0.210. The molecule has 1 N–H and O–H groups in total. The number of thiazole rings is 1. The van der Waals surface area contributed by atoms with Crippen LogP contribution in [-0.4, -0.2) is 21.4 Å². The van der Waals surface area contributed by atoms with Crippen molar-refractivity contribution in [1.29, 1.82) is 0 Å². The van der Waals surface area contributed by atoms with Gasteiger partial charge in [0.25, 0.3) is 5.91 Å². The second-order valence-corrected chi connectivity index (χ2v) is 9.28. The van der Waals surface area contributed by atoms with Crippen LogP contribution >= 0.6 is 11.3 Å². The van der Waals surface area contributed by atoms with Gasteiger partial charge in [-0.3, -0.25) is 14.3 Å².